The summed E-state index contributed by atoms with van der Waals surface area (Å²) in [5.74, 6) is 3.42. The van der Waals surface area contributed by atoms with Crippen LogP contribution in [0.15, 0.2) is 24.3 Å². The van der Waals surface area contributed by atoms with Crippen LogP contribution in [-0.2, 0) is 19.4 Å². The standard InChI is InChI=1S/C19H18NO4/c1-2-13-7-17-18(23-10-22-17)8-14(13)5-6-20-9-15-12(1)3-4-16-19(15)24-11-21-16/h2-4,7-8,20H,1,5-6,9-11H2. The van der Waals surface area contributed by atoms with E-state index in [4.69, 9.17) is 18.9 Å². The van der Waals surface area contributed by atoms with Crippen molar-refractivity contribution in [2.24, 2.45) is 0 Å². The van der Waals surface area contributed by atoms with Gasteiger partial charge in [-0.2, -0.15) is 0 Å². The van der Waals surface area contributed by atoms with Crippen LogP contribution >= 0.6 is 0 Å². The summed E-state index contributed by atoms with van der Waals surface area (Å²) in [5.41, 5.74) is 4.96. The second-order valence-corrected chi connectivity index (χ2v) is 6.18. The highest BCUT2D eigenvalue weighted by atomic mass is 16.7. The van der Waals surface area contributed by atoms with Crippen molar-refractivity contribution in [2.75, 3.05) is 20.1 Å². The van der Waals surface area contributed by atoms with E-state index in [9.17, 15) is 0 Å². The number of fused-ring (bicyclic) bond motifs is 5. The van der Waals surface area contributed by atoms with E-state index in [1.807, 2.05) is 6.07 Å². The normalized spacial score (nSPS) is 18.0. The third-order valence-corrected chi connectivity index (χ3v) is 4.79. The maximum absolute atomic E-state index is 5.68. The molecule has 5 nitrogen and oxygen atoms in total. The van der Waals surface area contributed by atoms with Gasteiger partial charge in [0.25, 0.3) is 0 Å². The minimum Gasteiger partial charge on any atom is -0.454 e. The van der Waals surface area contributed by atoms with Crippen LogP contribution in [0.2, 0.25) is 0 Å². The average Bonchev–Trinajstić information content (AvgIpc) is 3.25. The summed E-state index contributed by atoms with van der Waals surface area (Å²) in [6.45, 7) is 2.30. The third-order valence-electron chi connectivity index (χ3n) is 4.79. The number of ether oxygens (including phenoxy) is 4. The van der Waals surface area contributed by atoms with Gasteiger partial charge in [0.1, 0.15) is 0 Å². The van der Waals surface area contributed by atoms with Gasteiger partial charge in [-0.05, 0) is 60.7 Å². The first-order valence-corrected chi connectivity index (χ1v) is 8.25. The highest BCUT2D eigenvalue weighted by Crippen LogP contribution is 2.39. The van der Waals surface area contributed by atoms with Gasteiger partial charge in [0.2, 0.25) is 13.6 Å². The Morgan fingerprint density at radius 3 is 2.62 bits per heavy atom. The van der Waals surface area contributed by atoms with Crippen molar-refractivity contribution in [3.05, 3.63) is 52.9 Å². The molecule has 3 aliphatic rings. The SMILES string of the molecule is [CH]1Cc2ccc3c(c2CNCCc2cc4c(cc21)OCO4)OCO3. The maximum Gasteiger partial charge on any atom is 0.231 e. The fourth-order valence-corrected chi connectivity index (χ4v) is 3.52. The molecule has 1 radical (unpaired) electrons. The Hall–Kier alpha value is -2.40. The molecule has 0 saturated heterocycles. The van der Waals surface area contributed by atoms with Crippen molar-refractivity contribution in [2.45, 2.75) is 19.4 Å². The van der Waals surface area contributed by atoms with Crippen molar-refractivity contribution in [1.82, 2.24) is 5.32 Å². The van der Waals surface area contributed by atoms with Gasteiger partial charge in [-0.25, -0.2) is 0 Å². The molecule has 1 N–H and O–H groups in total. The average molecular weight is 324 g/mol. The summed E-state index contributed by atoms with van der Waals surface area (Å²) in [6, 6.07) is 8.33. The highest BCUT2D eigenvalue weighted by Gasteiger charge is 2.22. The van der Waals surface area contributed by atoms with Crippen LogP contribution in [0, 0.1) is 6.42 Å². The van der Waals surface area contributed by atoms with Gasteiger partial charge in [0.15, 0.2) is 23.0 Å². The van der Waals surface area contributed by atoms with Gasteiger partial charge in [0, 0.05) is 12.1 Å². The Kier molecular flexibility index (Phi) is 3.26. The topological polar surface area (TPSA) is 49.0 Å². The fraction of sp³-hybridized carbons (Fsp3) is 0.316. The smallest absolute Gasteiger partial charge is 0.231 e. The summed E-state index contributed by atoms with van der Waals surface area (Å²) < 4.78 is 22.2. The molecule has 5 heteroatoms. The quantitative estimate of drug-likeness (QED) is 0.807. The lowest BCUT2D eigenvalue weighted by molar-refractivity contribution is 0.173. The van der Waals surface area contributed by atoms with Crippen LogP contribution in [0.1, 0.15) is 22.3 Å². The van der Waals surface area contributed by atoms with Crippen molar-refractivity contribution < 1.29 is 18.9 Å². The van der Waals surface area contributed by atoms with Gasteiger partial charge in [-0.1, -0.05) is 6.07 Å². The van der Waals surface area contributed by atoms with Crippen LogP contribution in [0.5, 0.6) is 23.0 Å². The van der Waals surface area contributed by atoms with Crippen molar-refractivity contribution >= 4 is 0 Å². The van der Waals surface area contributed by atoms with Gasteiger partial charge in [-0.3, -0.25) is 0 Å². The molecule has 0 atom stereocenters. The molecular weight excluding hydrogens is 306 g/mol. The van der Waals surface area contributed by atoms with Crippen molar-refractivity contribution in [3.8, 4) is 23.0 Å². The largest absolute Gasteiger partial charge is 0.454 e. The molecule has 0 saturated carbocycles. The van der Waals surface area contributed by atoms with Crippen LogP contribution in [0.4, 0.5) is 0 Å². The molecule has 0 aliphatic carbocycles. The Labute approximate surface area is 140 Å². The molecule has 0 amide bonds. The molecule has 0 fully saturated rings. The van der Waals surface area contributed by atoms with Crippen molar-refractivity contribution in [3.63, 3.8) is 0 Å². The monoisotopic (exact) mass is 324 g/mol. The molecular formula is C19H18NO4. The lowest BCUT2D eigenvalue weighted by atomic mass is 9.93. The van der Waals surface area contributed by atoms with Crippen LogP contribution in [0.25, 0.3) is 0 Å². The first-order valence-electron chi connectivity index (χ1n) is 8.25. The Morgan fingerprint density at radius 2 is 1.67 bits per heavy atom. The van der Waals surface area contributed by atoms with Gasteiger partial charge >= 0.3 is 0 Å². The van der Waals surface area contributed by atoms with E-state index in [-0.39, 0.29) is 0 Å². The van der Waals surface area contributed by atoms with Gasteiger partial charge in [-0.15, -0.1) is 0 Å². The van der Waals surface area contributed by atoms with E-state index in [0.717, 1.165) is 48.9 Å². The zero-order valence-electron chi connectivity index (χ0n) is 13.3. The van der Waals surface area contributed by atoms with Crippen LogP contribution in [-0.4, -0.2) is 20.1 Å². The Balaban J connectivity index is 1.51. The Morgan fingerprint density at radius 1 is 0.833 bits per heavy atom. The minimum absolute atomic E-state index is 0.307. The summed E-state index contributed by atoms with van der Waals surface area (Å²) in [7, 11) is 0. The van der Waals surface area contributed by atoms with Crippen LogP contribution < -0.4 is 24.3 Å². The summed E-state index contributed by atoms with van der Waals surface area (Å²) in [4.78, 5) is 0. The maximum atomic E-state index is 5.68. The molecule has 3 aliphatic heterocycles. The predicted octanol–water partition coefficient (Wildman–Crippen LogP) is 2.58. The number of nitrogens with one attached hydrogen (secondary N) is 1. The van der Waals surface area contributed by atoms with E-state index in [2.05, 4.69) is 29.9 Å². The lowest BCUT2D eigenvalue weighted by Crippen LogP contribution is -2.20. The molecule has 2 aromatic rings. The molecule has 2 aromatic carbocycles. The number of hydrogen-bond acceptors (Lipinski definition) is 5. The molecule has 3 heterocycles. The van der Waals surface area contributed by atoms with Crippen LogP contribution in [0.3, 0.4) is 0 Å². The first-order chi connectivity index (χ1) is 11.9. The third kappa shape index (κ3) is 2.27. The summed E-state index contributed by atoms with van der Waals surface area (Å²) in [5, 5.41) is 3.53. The zero-order valence-corrected chi connectivity index (χ0v) is 13.3. The Bertz CT molecular complexity index is 800. The van der Waals surface area contributed by atoms with E-state index >= 15 is 0 Å². The molecule has 0 spiro atoms. The first kappa shape index (κ1) is 14.0. The number of benzene rings is 2. The fourth-order valence-electron chi connectivity index (χ4n) is 3.52. The molecule has 5 rings (SSSR count). The number of rotatable bonds is 0. The van der Waals surface area contributed by atoms with Crippen molar-refractivity contribution in [1.29, 1.82) is 0 Å². The lowest BCUT2D eigenvalue weighted by Gasteiger charge is -2.17. The molecule has 123 valence electrons. The zero-order chi connectivity index (χ0) is 15.9. The summed E-state index contributed by atoms with van der Waals surface area (Å²) in [6.07, 6.45) is 4.06. The second-order valence-electron chi connectivity index (χ2n) is 6.18. The number of hydrogen-bond donors (Lipinski definition) is 1. The van der Waals surface area contributed by atoms with E-state index in [1.165, 1.54) is 22.3 Å². The predicted molar refractivity (Wildman–Crippen MR) is 87.6 cm³/mol. The van der Waals surface area contributed by atoms with E-state index in [1.54, 1.807) is 0 Å². The molecule has 24 heavy (non-hydrogen) atoms. The van der Waals surface area contributed by atoms with Gasteiger partial charge < -0.3 is 24.3 Å². The minimum atomic E-state index is 0.307. The second kappa shape index (κ2) is 5.60. The molecule has 0 unspecified atom stereocenters. The summed E-state index contributed by atoms with van der Waals surface area (Å²) >= 11 is 0. The van der Waals surface area contributed by atoms with Gasteiger partial charge in [0.05, 0.1) is 0 Å². The molecule has 0 aromatic heterocycles. The highest BCUT2D eigenvalue weighted by molar-refractivity contribution is 5.55. The van der Waals surface area contributed by atoms with E-state index < -0.39 is 0 Å². The van der Waals surface area contributed by atoms with E-state index in [0.29, 0.717) is 13.6 Å². The molecule has 0 bridgehead atoms.